The fraction of sp³-hybridized carbons (Fsp3) is 0.150. The molecule has 0 saturated carbocycles. The molecule has 17 rings (SSSR count). The summed E-state index contributed by atoms with van der Waals surface area (Å²) in [6.45, 7) is 30.7. The fourth-order valence-electron chi connectivity index (χ4n) is 14.7. The molecule has 7 nitrogen and oxygen atoms in total. The van der Waals surface area contributed by atoms with E-state index in [4.69, 9.17) is 9.26 Å². The summed E-state index contributed by atoms with van der Waals surface area (Å²) in [6.07, 6.45) is 0. The van der Waals surface area contributed by atoms with Gasteiger partial charge in [-0.15, -0.1) is 11.3 Å². The molecule has 0 atom stereocenters. The van der Waals surface area contributed by atoms with Gasteiger partial charge in [0.25, 0.3) is 0 Å². The van der Waals surface area contributed by atoms with Crippen molar-refractivity contribution in [2.24, 2.45) is 0 Å². The lowest BCUT2D eigenvalue weighted by Gasteiger charge is -2.28. The predicted molar refractivity (Wildman–Crippen MR) is 371 cm³/mol. The van der Waals surface area contributed by atoms with Gasteiger partial charge in [-0.05, 0) is 99.7 Å². The molecule has 0 fully saturated rings. The van der Waals surface area contributed by atoms with E-state index in [2.05, 4.69) is 281 Å². The largest absolute Gasteiger partial charge is 0.454 e. The maximum atomic E-state index is 13.1. The Bertz CT molecular complexity index is 5770. The van der Waals surface area contributed by atoms with Gasteiger partial charge in [0.05, 0.1) is 83.7 Å². The van der Waals surface area contributed by atoms with Crippen LogP contribution in [-0.4, -0.2) is 18.3 Å². The molecule has 17 aromatic rings. The van der Waals surface area contributed by atoms with Gasteiger partial charge in [0.1, 0.15) is 11.7 Å². The van der Waals surface area contributed by atoms with Crippen LogP contribution in [0.25, 0.3) is 157 Å². The summed E-state index contributed by atoms with van der Waals surface area (Å²) < 4.78 is 19.1. The zero-order valence-electron chi connectivity index (χ0n) is 50.6. The van der Waals surface area contributed by atoms with Crippen LogP contribution in [0.1, 0.15) is 84.6 Å². The molecule has 0 saturated heterocycles. The standard InChI is InChI=1S/C80H60N6OS/c1-78(2,3)45-35-39-64-55(41-45)52-37-38-53-51-27-16-22-34-67(51)88-77(53)73(52)86(64)75-71(83-60-29-17-11-23-47(60)48-24-12-18-30-61(48)83)58(44-81)70(69(82-10)74(75)84-62-31-19-13-25-49(62)50-26-14-20-32-63(50)84)85-65-40-36-46(79(4,5)6)42-56(65)57-43-59(80(7,8)9)68-54-28-15-21-33-66(54)87-76(68)72(57)85/h11-43H,1-9H3. The van der Waals surface area contributed by atoms with Crippen molar-refractivity contribution in [3.05, 3.63) is 234 Å². The number of benzene rings is 11. The smallest absolute Gasteiger partial charge is 0.237 e. The topological polar surface area (TPSA) is 61.0 Å². The first kappa shape index (κ1) is 52.0. The van der Waals surface area contributed by atoms with Gasteiger partial charge in [-0.1, -0.05) is 196 Å². The Morgan fingerprint density at radius 3 is 1.41 bits per heavy atom. The molecule has 0 radical (unpaired) electrons. The van der Waals surface area contributed by atoms with E-state index in [0.29, 0.717) is 33.9 Å². The quantitative estimate of drug-likeness (QED) is 0.165. The van der Waals surface area contributed by atoms with Crippen LogP contribution in [0.5, 0.6) is 0 Å². The summed E-state index contributed by atoms with van der Waals surface area (Å²) in [5.74, 6) is 0. The third-order valence-corrected chi connectivity index (χ3v) is 20.0. The fourth-order valence-corrected chi connectivity index (χ4v) is 16.0. The molecule has 0 unspecified atom stereocenters. The van der Waals surface area contributed by atoms with Crippen molar-refractivity contribution < 1.29 is 4.42 Å². The molecule has 11 aromatic carbocycles. The number of para-hydroxylation sites is 5. The highest BCUT2D eigenvalue weighted by Gasteiger charge is 2.37. The average Bonchev–Trinajstić information content (AvgIpc) is 1.49. The van der Waals surface area contributed by atoms with Crippen LogP contribution in [0, 0.1) is 17.9 Å². The van der Waals surface area contributed by atoms with E-state index in [0.717, 1.165) is 125 Å². The maximum absolute atomic E-state index is 13.1. The Hall–Kier alpha value is -10.4. The summed E-state index contributed by atoms with van der Waals surface area (Å²) in [6, 6.07) is 75.2. The normalized spacial score (nSPS) is 12.8. The number of rotatable bonds is 4. The van der Waals surface area contributed by atoms with Gasteiger partial charge < -0.3 is 22.7 Å². The van der Waals surface area contributed by atoms with Gasteiger partial charge >= 0.3 is 0 Å². The zero-order valence-corrected chi connectivity index (χ0v) is 51.4. The van der Waals surface area contributed by atoms with Crippen LogP contribution in [0.2, 0.25) is 0 Å². The number of hydrogen-bond donors (Lipinski definition) is 0. The molecule has 6 aromatic heterocycles. The molecule has 0 N–H and O–H groups in total. The SMILES string of the molecule is [C-]#[N+]c1c(-n2c3ccccc3c3ccccc32)c(-n2c3ccc(C(C)(C)C)cc3c3ccc4c5ccccc5sc4c32)c(-n2c3ccccc3c3ccccc32)c(C#N)c1-n1c2ccc(C(C)(C)C)cc2c2cc(C(C)(C)C)c3c4ccccc4oc3c21. The molecule has 6 heterocycles. The second-order valence-electron chi connectivity index (χ2n) is 27.0. The first-order chi connectivity index (χ1) is 42.5. The van der Waals surface area contributed by atoms with Crippen LogP contribution < -0.4 is 0 Å². The lowest BCUT2D eigenvalue weighted by atomic mass is 9.82. The summed E-state index contributed by atoms with van der Waals surface area (Å²) >= 11 is 1.80. The highest BCUT2D eigenvalue weighted by Crippen LogP contribution is 2.55. The van der Waals surface area contributed by atoms with Crippen LogP contribution in [-0.2, 0) is 16.2 Å². The molecule has 88 heavy (non-hydrogen) atoms. The van der Waals surface area contributed by atoms with E-state index in [1.165, 1.54) is 21.2 Å². The predicted octanol–water partition coefficient (Wildman–Crippen LogP) is 22.7. The van der Waals surface area contributed by atoms with Crippen LogP contribution in [0.4, 0.5) is 5.69 Å². The number of hydrogen-bond acceptors (Lipinski definition) is 3. The molecule has 0 spiro atoms. The van der Waals surface area contributed by atoms with Gasteiger partial charge in [-0.3, -0.25) is 0 Å². The molecule has 0 aliphatic carbocycles. The maximum Gasteiger partial charge on any atom is 0.237 e. The van der Waals surface area contributed by atoms with Gasteiger partial charge in [0.15, 0.2) is 5.58 Å². The van der Waals surface area contributed by atoms with Crippen LogP contribution in [0.3, 0.4) is 0 Å². The first-order valence-corrected chi connectivity index (χ1v) is 31.2. The Balaban J connectivity index is 1.21. The Morgan fingerprint density at radius 2 is 0.875 bits per heavy atom. The monoisotopic (exact) mass is 1150 g/mol. The van der Waals surface area contributed by atoms with Crippen molar-refractivity contribution in [3.8, 4) is 28.8 Å². The lowest BCUT2D eigenvalue weighted by molar-refractivity contribution is 0.591. The summed E-state index contributed by atoms with van der Waals surface area (Å²) in [5, 5.41) is 25.9. The minimum absolute atomic E-state index is 0.172. The number of thiophene rings is 1. The molecule has 0 amide bonds. The van der Waals surface area contributed by atoms with Crippen molar-refractivity contribution in [2.75, 3.05) is 0 Å². The van der Waals surface area contributed by atoms with E-state index in [1.807, 2.05) is 6.07 Å². The first-order valence-electron chi connectivity index (χ1n) is 30.3. The number of nitrogens with zero attached hydrogens (tertiary/aromatic N) is 6. The summed E-state index contributed by atoms with van der Waals surface area (Å²) in [4.78, 5) is 4.98. The number of furan rings is 1. The average molecular weight is 1150 g/mol. The highest BCUT2D eigenvalue weighted by molar-refractivity contribution is 7.26. The Morgan fingerprint density at radius 1 is 0.409 bits per heavy atom. The second-order valence-corrected chi connectivity index (χ2v) is 28.1. The summed E-state index contributed by atoms with van der Waals surface area (Å²) in [7, 11) is 0. The molecular formula is C80H60N6OS. The molecule has 0 aliphatic rings. The van der Waals surface area contributed by atoms with E-state index in [9.17, 15) is 11.8 Å². The second kappa shape index (κ2) is 18.1. The minimum atomic E-state index is -0.306. The van der Waals surface area contributed by atoms with E-state index in [1.54, 1.807) is 11.3 Å². The van der Waals surface area contributed by atoms with Crippen molar-refractivity contribution in [3.63, 3.8) is 0 Å². The third-order valence-electron chi connectivity index (χ3n) is 18.8. The number of fused-ring (bicyclic) bond motifs is 20. The van der Waals surface area contributed by atoms with Gasteiger partial charge in [-0.2, -0.15) is 5.26 Å². The van der Waals surface area contributed by atoms with E-state index < -0.39 is 0 Å². The van der Waals surface area contributed by atoms with Crippen molar-refractivity contribution in [1.29, 1.82) is 5.26 Å². The molecular weight excluding hydrogens is 1090 g/mol. The van der Waals surface area contributed by atoms with E-state index >= 15 is 0 Å². The molecule has 0 bridgehead atoms. The zero-order chi connectivity index (χ0) is 60.0. The van der Waals surface area contributed by atoms with Crippen LogP contribution >= 0.6 is 11.3 Å². The Labute approximate surface area is 512 Å². The number of nitriles is 1. The molecule has 8 heteroatoms. The van der Waals surface area contributed by atoms with Gasteiger partial charge in [-0.25, -0.2) is 4.85 Å². The van der Waals surface area contributed by atoms with Crippen molar-refractivity contribution in [2.45, 2.75) is 78.6 Å². The minimum Gasteiger partial charge on any atom is -0.454 e. The molecule has 0 aliphatic heterocycles. The van der Waals surface area contributed by atoms with Crippen LogP contribution in [0.15, 0.2) is 205 Å². The van der Waals surface area contributed by atoms with Crippen molar-refractivity contribution in [1.82, 2.24) is 18.3 Å². The third kappa shape index (κ3) is 7.04. The highest BCUT2D eigenvalue weighted by atomic mass is 32.1. The lowest BCUT2D eigenvalue weighted by Crippen LogP contribution is -2.15. The summed E-state index contributed by atoms with van der Waals surface area (Å²) in [5.41, 5.74) is 14.9. The Kier molecular flexibility index (Phi) is 10.7. The van der Waals surface area contributed by atoms with Gasteiger partial charge in [0, 0.05) is 69.3 Å². The molecule has 422 valence electrons. The van der Waals surface area contributed by atoms with Gasteiger partial charge in [0.2, 0.25) is 5.69 Å². The van der Waals surface area contributed by atoms with E-state index in [-0.39, 0.29) is 16.2 Å². The van der Waals surface area contributed by atoms with Crippen molar-refractivity contribution >= 4 is 146 Å². The number of aromatic nitrogens is 4.